The highest BCUT2D eigenvalue weighted by atomic mass is 31.2. The number of phosphoric acid groups is 2. The normalized spacial score (nSPS) is 13.9. The molecular weight excluding hydrogens is 1350 g/mol. The van der Waals surface area contributed by atoms with Crippen LogP contribution in [0.3, 0.4) is 0 Å². The quantitative estimate of drug-likeness (QED) is 0.0222. The summed E-state index contributed by atoms with van der Waals surface area (Å²) < 4.78 is 68.9. The van der Waals surface area contributed by atoms with Crippen LogP contribution in [-0.2, 0) is 65.4 Å². The number of rotatable bonds is 83. The van der Waals surface area contributed by atoms with Gasteiger partial charge in [0.2, 0.25) is 0 Å². The highest BCUT2D eigenvalue weighted by molar-refractivity contribution is 7.47. The minimum atomic E-state index is -4.97. The number of aliphatic hydroxyl groups excluding tert-OH is 1. The van der Waals surface area contributed by atoms with Gasteiger partial charge in [-0.1, -0.05) is 395 Å². The molecule has 104 heavy (non-hydrogen) atoms. The molecule has 17 nitrogen and oxygen atoms in total. The van der Waals surface area contributed by atoms with Crippen LogP contribution in [0.15, 0.2) is 0 Å². The molecule has 3 N–H and O–H groups in total. The van der Waals surface area contributed by atoms with Crippen molar-refractivity contribution in [3.05, 3.63) is 0 Å². The Morgan fingerprint density at radius 2 is 0.442 bits per heavy atom. The molecule has 0 aliphatic rings. The van der Waals surface area contributed by atoms with Gasteiger partial charge in [-0.15, -0.1) is 0 Å². The summed E-state index contributed by atoms with van der Waals surface area (Å²) in [5, 5.41) is 10.7. The predicted octanol–water partition coefficient (Wildman–Crippen LogP) is 25.7. The van der Waals surface area contributed by atoms with Crippen molar-refractivity contribution in [2.45, 2.75) is 465 Å². The van der Waals surface area contributed by atoms with E-state index in [-0.39, 0.29) is 25.7 Å². The third kappa shape index (κ3) is 78.2. The van der Waals surface area contributed by atoms with Crippen molar-refractivity contribution < 1.29 is 80.2 Å². The summed E-state index contributed by atoms with van der Waals surface area (Å²) in [4.78, 5) is 73.2. The minimum absolute atomic E-state index is 0.108. The van der Waals surface area contributed by atoms with Crippen molar-refractivity contribution in [1.29, 1.82) is 0 Å². The molecule has 0 rings (SSSR count). The summed E-state index contributed by atoms with van der Waals surface area (Å²) in [7, 11) is -9.93. The van der Waals surface area contributed by atoms with E-state index < -0.39 is 97.5 Å². The van der Waals surface area contributed by atoms with Crippen LogP contribution in [0.4, 0.5) is 0 Å². The molecular formula is C85H166O17P2. The maximum Gasteiger partial charge on any atom is 0.472 e. The van der Waals surface area contributed by atoms with Gasteiger partial charge in [0.15, 0.2) is 12.2 Å². The summed E-state index contributed by atoms with van der Waals surface area (Å²) in [6.07, 6.45) is 65.2. The third-order valence-corrected chi connectivity index (χ3v) is 21.8. The van der Waals surface area contributed by atoms with Gasteiger partial charge in [-0.05, 0) is 43.4 Å². The summed E-state index contributed by atoms with van der Waals surface area (Å²) >= 11 is 0. The molecule has 0 aliphatic heterocycles. The van der Waals surface area contributed by atoms with Crippen molar-refractivity contribution in [3.8, 4) is 0 Å². The van der Waals surface area contributed by atoms with E-state index in [0.717, 1.165) is 108 Å². The lowest BCUT2D eigenvalue weighted by Gasteiger charge is -2.21. The van der Waals surface area contributed by atoms with E-state index in [0.29, 0.717) is 25.7 Å². The number of hydrogen-bond donors (Lipinski definition) is 3. The van der Waals surface area contributed by atoms with Crippen LogP contribution in [-0.4, -0.2) is 96.7 Å². The van der Waals surface area contributed by atoms with Gasteiger partial charge >= 0.3 is 39.5 Å². The molecule has 0 heterocycles. The maximum absolute atomic E-state index is 13.1. The molecule has 0 spiro atoms. The molecule has 0 fully saturated rings. The van der Waals surface area contributed by atoms with Gasteiger partial charge in [0, 0.05) is 25.7 Å². The molecule has 0 saturated heterocycles. The van der Waals surface area contributed by atoms with Crippen LogP contribution in [0.2, 0.25) is 0 Å². The first kappa shape index (κ1) is 102. The Morgan fingerprint density at radius 1 is 0.260 bits per heavy atom. The van der Waals surface area contributed by atoms with E-state index in [4.69, 9.17) is 37.0 Å². The van der Waals surface area contributed by atoms with Gasteiger partial charge in [-0.3, -0.25) is 37.3 Å². The number of aliphatic hydroxyl groups is 1. The number of hydrogen-bond acceptors (Lipinski definition) is 15. The average molecular weight is 1520 g/mol. The predicted molar refractivity (Wildman–Crippen MR) is 428 cm³/mol. The second kappa shape index (κ2) is 75.1. The Hall–Kier alpha value is -1.94. The Morgan fingerprint density at radius 3 is 0.654 bits per heavy atom. The maximum atomic E-state index is 13.1. The van der Waals surface area contributed by atoms with Gasteiger partial charge in [0.1, 0.15) is 19.3 Å². The molecule has 0 aromatic heterocycles. The Labute approximate surface area is 638 Å². The van der Waals surface area contributed by atoms with Gasteiger partial charge < -0.3 is 33.8 Å². The van der Waals surface area contributed by atoms with Crippen molar-refractivity contribution in [1.82, 2.24) is 0 Å². The summed E-state index contributed by atoms with van der Waals surface area (Å²) in [6, 6.07) is 0. The zero-order valence-electron chi connectivity index (χ0n) is 68.5. The fourth-order valence-electron chi connectivity index (χ4n) is 13.2. The average Bonchev–Trinajstić information content (AvgIpc) is 0.915. The number of ether oxygens (including phenoxy) is 4. The second-order valence-electron chi connectivity index (χ2n) is 32.0. The van der Waals surface area contributed by atoms with Gasteiger partial charge in [0.05, 0.1) is 26.4 Å². The summed E-state index contributed by atoms with van der Waals surface area (Å²) in [5.74, 6) is 0.230. The van der Waals surface area contributed by atoms with Gasteiger partial charge in [0.25, 0.3) is 0 Å². The first-order chi connectivity index (χ1) is 50.2. The molecule has 2 unspecified atom stereocenters. The largest absolute Gasteiger partial charge is 0.472 e. The third-order valence-electron chi connectivity index (χ3n) is 19.9. The SMILES string of the molecule is CCCCCCCCCCCCCCCCCCCC(=O)O[C@H](COC(=O)CCCCCCCCCCC(C)C)COP(=O)(O)OC[C@H](O)COP(=O)(O)OC[C@@H](COC(=O)CCCCCCCCCCCCCCCCC(C)C)OC(=O)CCCCCCCCCCCCCCCCCCC(C)C. The number of unbranched alkanes of at least 4 members (excludes halogenated alkanes) is 51. The molecule has 0 bridgehead atoms. The molecule has 0 aromatic rings. The highest BCUT2D eigenvalue weighted by Crippen LogP contribution is 2.45. The Bertz CT molecular complexity index is 2010. The minimum Gasteiger partial charge on any atom is -0.462 e. The Kier molecular flexibility index (Phi) is 73.7. The molecule has 0 amide bonds. The first-order valence-corrected chi connectivity index (χ1v) is 46.8. The number of esters is 4. The highest BCUT2D eigenvalue weighted by Gasteiger charge is 2.30. The molecule has 0 aromatic carbocycles. The van der Waals surface area contributed by atoms with Crippen LogP contribution in [0.1, 0.15) is 447 Å². The zero-order chi connectivity index (χ0) is 76.5. The second-order valence-corrected chi connectivity index (χ2v) is 34.9. The van der Waals surface area contributed by atoms with Crippen LogP contribution < -0.4 is 0 Å². The number of carbonyl (C=O) groups is 4. The Balaban J connectivity index is 5.25. The topological polar surface area (TPSA) is 237 Å². The molecule has 5 atom stereocenters. The smallest absolute Gasteiger partial charge is 0.462 e. The summed E-state index contributed by atoms with van der Waals surface area (Å²) in [5.41, 5.74) is 0. The lowest BCUT2D eigenvalue weighted by molar-refractivity contribution is -0.161. The molecule has 0 aliphatic carbocycles. The molecule has 0 saturated carbocycles. The van der Waals surface area contributed by atoms with Crippen molar-refractivity contribution in [3.63, 3.8) is 0 Å². The zero-order valence-corrected chi connectivity index (χ0v) is 70.3. The molecule has 618 valence electrons. The van der Waals surface area contributed by atoms with Crippen LogP contribution in [0.25, 0.3) is 0 Å². The van der Waals surface area contributed by atoms with E-state index in [1.807, 2.05) is 0 Å². The first-order valence-electron chi connectivity index (χ1n) is 43.8. The van der Waals surface area contributed by atoms with E-state index in [1.165, 1.54) is 257 Å². The molecule has 19 heteroatoms. The van der Waals surface area contributed by atoms with Gasteiger partial charge in [-0.25, -0.2) is 9.13 Å². The fourth-order valence-corrected chi connectivity index (χ4v) is 14.8. The fraction of sp³-hybridized carbons (Fsp3) is 0.953. The number of phosphoric ester groups is 2. The van der Waals surface area contributed by atoms with Crippen LogP contribution in [0.5, 0.6) is 0 Å². The van der Waals surface area contributed by atoms with Crippen molar-refractivity contribution in [2.75, 3.05) is 39.6 Å². The summed E-state index contributed by atoms with van der Waals surface area (Å²) in [6.45, 7) is 12.0. The molecule has 0 radical (unpaired) electrons. The van der Waals surface area contributed by atoms with Gasteiger partial charge in [-0.2, -0.15) is 0 Å². The van der Waals surface area contributed by atoms with Crippen LogP contribution >= 0.6 is 15.6 Å². The van der Waals surface area contributed by atoms with E-state index in [9.17, 15) is 43.2 Å². The lowest BCUT2D eigenvalue weighted by Crippen LogP contribution is -2.30. The van der Waals surface area contributed by atoms with Crippen molar-refractivity contribution >= 4 is 39.5 Å². The lowest BCUT2D eigenvalue weighted by atomic mass is 10.0. The van der Waals surface area contributed by atoms with E-state index in [2.05, 4.69) is 48.5 Å². The standard InChI is InChI=1S/C85H166O17P2/c1-8-9-10-11-12-13-14-15-16-17-21-28-33-38-47-54-61-69-85(90)102-81(73-96-83(88)67-60-53-46-41-40-44-51-58-65-78(6)7)75-100-104(93,94)98-71-79(86)70-97-103(91,92)99-74-80(72-95-82(87)66-59-52-45-37-32-27-24-23-26-31-36-43-50-57-64-77(4)5)101-84(89)68-62-55-48-39-34-29-22-19-18-20-25-30-35-42-49-56-63-76(2)3/h76-81,86H,8-75H2,1-7H3,(H,91,92)(H,93,94)/t79-,80-,81-/m1/s1. The van der Waals surface area contributed by atoms with Crippen LogP contribution in [0, 0.1) is 17.8 Å². The van der Waals surface area contributed by atoms with Crippen molar-refractivity contribution in [2.24, 2.45) is 17.8 Å². The number of carbonyl (C=O) groups excluding carboxylic acids is 4. The monoisotopic (exact) mass is 1520 g/mol. The van der Waals surface area contributed by atoms with E-state index >= 15 is 0 Å². The van der Waals surface area contributed by atoms with E-state index in [1.54, 1.807) is 0 Å².